The number of aliphatic hydroxyl groups excluding tert-OH is 1. The van der Waals surface area contributed by atoms with Gasteiger partial charge >= 0.3 is 0 Å². The van der Waals surface area contributed by atoms with Crippen molar-refractivity contribution in [1.82, 2.24) is 4.90 Å². The van der Waals surface area contributed by atoms with E-state index in [0.29, 0.717) is 12.0 Å². The number of likely N-dealkylation sites (tertiary alicyclic amines) is 1. The van der Waals surface area contributed by atoms with Crippen molar-refractivity contribution in [3.63, 3.8) is 0 Å². The van der Waals surface area contributed by atoms with E-state index in [1.165, 1.54) is 34.7 Å². The SMILES string of the molecule is CCc1cc(C2CCN(C)[C@@H](C)C2)c(CCO)s1. The fourth-order valence-corrected chi connectivity index (χ4v) is 4.07. The van der Waals surface area contributed by atoms with Gasteiger partial charge in [-0.3, -0.25) is 0 Å². The molecular formula is C15H25NOS. The summed E-state index contributed by atoms with van der Waals surface area (Å²) < 4.78 is 0. The predicted octanol–water partition coefficient (Wildman–Crippen LogP) is 3.04. The van der Waals surface area contributed by atoms with Crippen molar-refractivity contribution in [1.29, 1.82) is 0 Å². The van der Waals surface area contributed by atoms with E-state index in [9.17, 15) is 5.11 Å². The number of thiophene rings is 1. The van der Waals surface area contributed by atoms with Gasteiger partial charge in [0.15, 0.2) is 0 Å². The van der Waals surface area contributed by atoms with E-state index >= 15 is 0 Å². The number of aliphatic hydroxyl groups is 1. The summed E-state index contributed by atoms with van der Waals surface area (Å²) in [5.41, 5.74) is 1.53. The Labute approximate surface area is 115 Å². The van der Waals surface area contributed by atoms with Crippen LogP contribution in [0.3, 0.4) is 0 Å². The summed E-state index contributed by atoms with van der Waals surface area (Å²) in [7, 11) is 2.22. The highest BCUT2D eigenvalue weighted by atomic mass is 32.1. The summed E-state index contributed by atoms with van der Waals surface area (Å²) in [6, 6.07) is 3.08. The molecule has 2 nitrogen and oxygen atoms in total. The van der Waals surface area contributed by atoms with E-state index in [1.807, 2.05) is 11.3 Å². The molecule has 0 bridgehead atoms. The molecule has 0 radical (unpaired) electrons. The molecular weight excluding hydrogens is 242 g/mol. The zero-order valence-electron chi connectivity index (χ0n) is 11.8. The highest BCUT2D eigenvalue weighted by Gasteiger charge is 2.26. The number of hydrogen-bond acceptors (Lipinski definition) is 3. The molecule has 0 aromatic carbocycles. The third-order valence-corrected chi connectivity index (χ3v) is 5.58. The van der Waals surface area contributed by atoms with Crippen LogP contribution in [0.5, 0.6) is 0 Å². The van der Waals surface area contributed by atoms with Crippen LogP contribution in [0, 0.1) is 0 Å². The molecule has 3 heteroatoms. The molecule has 0 saturated carbocycles. The normalized spacial score (nSPS) is 25.6. The van der Waals surface area contributed by atoms with Gasteiger partial charge in [0.1, 0.15) is 0 Å². The molecule has 2 heterocycles. The first kappa shape index (κ1) is 14.0. The molecule has 1 saturated heterocycles. The van der Waals surface area contributed by atoms with Gasteiger partial charge < -0.3 is 10.0 Å². The Bertz CT molecular complexity index is 388. The summed E-state index contributed by atoms with van der Waals surface area (Å²) in [6.07, 6.45) is 4.47. The number of hydrogen-bond donors (Lipinski definition) is 1. The van der Waals surface area contributed by atoms with Gasteiger partial charge in [-0.05, 0) is 57.3 Å². The largest absolute Gasteiger partial charge is 0.396 e. The van der Waals surface area contributed by atoms with Gasteiger partial charge in [-0.25, -0.2) is 0 Å². The van der Waals surface area contributed by atoms with Crippen molar-refractivity contribution >= 4 is 11.3 Å². The zero-order chi connectivity index (χ0) is 13.1. The van der Waals surface area contributed by atoms with Crippen molar-refractivity contribution in [2.24, 2.45) is 0 Å². The number of aryl methyl sites for hydroxylation is 1. The maximum Gasteiger partial charge on any atom is 0.0479 e. The van der Waals surface area contributed by atoms with Crippen molar-refractivity contribution < 1.29 is 5.11 Å². The molecule has 1 aromatic heterocycles. The van der Waals surface area contributed by atoms with Crippen molar-refractivity contribution in [2.45, 2.75) is 51.5 Å². The van der Waals surface area contributed by atoms with Crippen LogP contribution in [0.2, 0.25) is 0 Å². The maximum absolute atomic E-state index is 9.22. The van der Waals surface area contributed by atoms with Crippen LogP contribution in [-0.4, -0.2) is 36.2 Å². The molecule has 0 aliphatic carbocycles. The summed E-state index contributed by atoms with van der Waals surface area (Å²) in [6.45, 7) is 6.02. The van der Waals surface area contributed by atoms with Crippen LogP contribution in [0.4, 0.5) is 0 Å². The van der Waals surface area contributed by atoms with Crippen LogP contribution in [-0.2, 0) is 12.8 Å². The standard InChI is InChI=1S/C15H25NOS/c1-4-13-10-14(15(18-13)6-8-17)12-5-7-16(3)11(2)9-12/h10-12,17H,4-9H2,1-3H3/t11-,12?/m0/s1. The molecule has 102 valence electrons. The lowest BCUT2D eigenvalue weighted by Gasteiger charge is -2.35. The number of rotatable bonds is 4. The van der Waals surface area contributed by atoms with Crippen molar-refractivity contribution in [3.05, 3.63) is 21.4 Å². The minimum absolute atomic E-state index is 0.277. The second kappa shape index (κ2) is 6.18. The molecule has 1 aliphatic heterocycles. The fraction of sp³-hybridized carbons (Fsp3) is 0.733. The topological polar surface area (TPSA) is 23.5 Å². The quantitative estimate of drug-likeness (QED) is 0.906. The molecule has 2 atom stereocenters. The van der Waals surface area contributed by atoms with E-state index in [2.05, 4.69) is 31.9 Å². The molecule has 0 amide bonds. The Morgan fingerprint density at radius 1 is 1.50 bits per heavy atom. The lowest BCUT2D eigenvalue weighted by atomic mass is 9.85. The Morgan fingerprint density at radius 2 is 2.28 bits per heavy atom. The van der Waals surface area contributed by atoms with Gasteiger partial charge in [-0.15, -0.1) is 11.3 Å². The molecule has 1 unspecified atom stereocenters. The fourth-order valence-electron chi connectivity index (χ4n) is 2.89. The first-order valence-corrected chi connectivity index (χ1v) is 7.89. The second-order valence-corrected chi connectivity index (χ2v) is 6.69. The average molecular weight is 267 g/mol. The lowest BCUT2D eigenvalue weighted by Crippen LogP contribution is -2.37. The number of piperidine rings is 1. The number of nitrogens with zero attached hydrogens (tertiary/aromatic N) is 1. The van der Waals surface area contributed by atoms with Crippen LogP contribution in [0.15, 0.2) is 6.07 Å². The van der Waals surface area contributed by atoms with Gasteiger partial charge in [-0.1, -0.05) is 6.92 Å². The van der Waals surface area contributed by atoms with E-state index in [0.717, 1.165) is 12.8 Å². The van der Waals surface area contributed by atoms with Gasteiger partial charge in [0.25, 0.3) is 0 Å². The molecule has 0 spiro atoms. The third kappa shape index (κ3) is 2.95. The van der Waals surface area contributed by atoms with Crippen LogP contribution < -0.4 is 0 Å². The molecule has 1 aromatic rings. The van der Waals surface area contributed by atoms with Gasteiger partial charge in [-0.2, -0.15) is 0 Å². The van der Waals surface area contributed by atoms with Crippen molar-refractivity contribution in [2.75, 3.05) is 20.2 Å². The first-order chi connectivity index (χ1) is 8.65. The van der Waals surface area contributed by atoms with Crippen LogP contribution >= 0.6 is 11.3 Å². The molecule has 1 fully saturated rings. The average Bonchev–Trinajstić information content (AvgIpc) is 2.76. The lowest BCUT2D eigenvalue weighted by molar-refractivity contribution is 0.182. The molecule has 1 N–H and O–H groups in total. The summed E-state index contributed by atoms with van der Waals surface area (Å²) in [4.78, 5) is 5.35. The van der Waals surface area contributed by atoms with Crippen LogP contribution in [0.1, 0.15) is 47.9 Å². The van der Waals surface area contributed by atoms with Gasteiger partial charge in [0, 0.05) is 28.8 Å². The Balaban J connectivity index is 2.18. The van der Waals surface area contributed by atoms with Gasteiger partial charge in [0.2, 0.25) is 0 Å². The summed E-state index contributed by atoms with van der Waals surface area (Å²) in [5.74, 6) is 0.703. The minimum Gasteiger partial charge on any atom is -0.396 e. The van der Waals surface area contributed by atoms with Gasteiger partial charge in [0.05, 0.1) is 0 Å². The minimum atomic E-state index is 0.277. The monoisotopic (exact) mass is 267 g/mol. The smallest absolute Gasteiger partial charge is 0.0479 e. The third-order valence-electron chi connectivity index (χ3n) is 4.23. The predicted molar refractivity (Wildman–Crippen MR) is 78.6 cm³/mol. The second-order valence-electron chi connectivity index (χ2n) is 5.47. The van der Waals surface area contributed by atoms with E-state index in [4.69, 9.17) is 0 Å². The molecule has 1 aliphatic rings. The highest BCUT2D eigenvalue weighted by Crippen LogP contribution is 2.37. The van der Waals surface area contributed by atoms with Crippen molar-refractivity contribution in [3.8, 4) is 0 Å². The summed E-state index contributed by atoms with van der Waals surface area (Å²) in [5, 5.41) is 9.22. The zero-order valence-corrected chi connectivity index (χ0v) is 12.6. The molecule has 18 heavy (non-hydrogen) atoms. The van der Waals surface area contributed by atoms with E-state index < -0.39 is 0 Å². The first-order valence-electron chi connectivity index (χ1n) is 7.08. The summed E-state index contributed by atoms with van der Waals surface area (Å²) >= 11 is 1.91. The highest BCUT2D eigenvalue weighted by molar-refractivity contribution is 7.12. The molecule has 2 rings (SSSR count). The van der Waals surface area contributed by atoms with E-state index in [1.54, 1.807) is 0 Å². The maximum atomic E-state index is 9.22. The Morgan fingerprint density at radius 3 is 2.89 bits per heavy atom. The van der Waals surface area contributed by atoms with E-state index in [-0.39, 0.29) is 6.61 Å². The Kier molecular flexibility index (Phi) is 4.82. The Hall–Kier alpha value is -0.380. The van der Waals surface area contributed by atoms with Crippen LogP contribution in [0.25, 0.3) is 0 Å².